The topological polar surface area (TPSA) is 74.6 Å². The Labute approximate surface area is 138 Å². The number of fused-ring (bicyclic) bond motifs is 1. The van der Waals surface area contributed by atoms with Crippen LogP contribution in [0.15, 0.2) is 60.7 Å². The lowest BCUT2D eigenvalue weighted by atomic mass is 9.99. The first-order valence-electron chi connectivity index (χ1n) is 7.16. The minimum Gasteiger partial charge on any atom is -0.478 e. The molecule has 3 aromatic carbocycles. The molecular weight excluding hydrogens is 304 g/mol. The molecule has 0 spiro atoms. The number of hydrogen-bond donors (Lipinski definition) is 2. The van der Waals surface area contributed by atoms with Gasteiger partial charge < -0.3 is 10.2 Å². The van der Waals surface area contributed by atoms with Crippen LogP contribution >= 0.6 is 0 Å². The fourth-order valence-corrected chi connectivity index (χ4v) is 2.42. The molecule has 4 heteroatoms. The Hall–Kier alpha value is -3.58. The second kappa shape index (κ2) is 6.27. The molecule has 24 heavy (non-hydrogen) atoms. The zero-order valence-electron chi connectivity index (χ0n) is 12.5. The molecule has 0 aliphatic rings. The van der Waals surface area contributed by atoms with Crippen molar-refractivity contribution in [2.75, 3.05) is 0 Å². The van der Waals surface area contributed by atoms with Gasteiger partial charge in [-0.3, -0.25) is 0 Å². The SMILES string of the molecule is O=C(O)c1ccc2c(C(=O)O)cc(C#Cc3ccccc3)cc2c1. The Balaban J connectivity index is 2.17. The van der Waals surface area contributed by atoms with E-state index >= 15 is 0 Å². The maximum Gasteiger partial charge on any atom is 0.336 e. The summed E-state index contributed by atoms with van der Waals surface area (Å²) in [6.45, 7) is 0. The van der Waals surface area contributed by atoms with Crippen LogP contribution in [0.2, 0.25) is 0 Å². The van der Waals surface area contributed by atoms with E-state index in [1.165, 1.54) is 24.3 Å². The van der Waals surface area contributed by atoms with E-state index < -0.39 is 11.9 Å². The van der Waals surface area contributed by atoms with E-state index in [0.29, 0.717) is 16.3 Å². The van der Waals surface area contributed by atoms with Crippen LogP contribution < -0.4 is 0 Å². The van der Waals surface area contributed by atoms with Crippen LogP contribution in [0.3, 0.4) is 0 Å². The Kier molecular flexibility index (Phi) is 4.00. The molecule has 2 N–H and O–H groups in total. The molecule has 0 fully saturated rings. The third-order valence-corrected chi connectivity index (χ3v) is 3.55. The molecule has 0 heterocycles. The van der Waals surface area contributed by atoms with Crippen molar-refractivity contribution in [1.29, 1.82) is 0 Å². The highest BCUT2D eigenvalue weighted by Crippen LogP contribution is 2.23. The minimum atomic E-state index is -1.08. The van der Waals surface area contributed by atoms with E-state index in [1.807, 2.05) is 30.3 Å². The molecule has 0 unspecified atom stereocenters. The lowest BCUT2D eigenvalue weighted by Gasteiger charge is -2.05. The average molecular weight is 316 g/mol. The summed E-state index contributed by atoms with van der Waals surface area (Å²) in [6.07, 6.45) is 0. The second-order valence-corrected chi connectivity index (χ2v) is 5.19. The predicted octanol–water partition coefficient (Wildman–Crippen LogP) is 3.64. The maximum absolute atomic E-state index is 11.5. The highest BCUT2D eigenvalue weighted by atomic mass is 16.4. The molecule has 0 aliphatic heterocycles. The molecule has 0 saturated carbocycles. The van der Waals surface area contributed by atoms with Crippen molar-refractivity contribution < 1.29 is 19.8 Å². The average Bonchev–Trinajstić information content (AvgIpc) is 2.59. The summed E-state index contributed by atoms with van der Waals surface area (Å²) in [7, 11) is 0. The van der Waals surface area contributed by atoms with Gasteiger partial charge in [-0.15, -0.1) is 0 Å². The predicted molar refractivity (Wildman–Crippen MR) is 90.3 cm³/mol. The van der Waals surface area contributed by atoms with Crippen LogP contribution in [0.4, 0.5) is 0 Å². The third kappa shape index (κ3) is 3.11. The molecule has 0 saturated heterocycles. The Bertz CT molecular complexity index is 1010. The summed E-state index contributed by atoms with van der Waals surface area (Å²) in [5.41, 5.74) is 1.54. The molecule has 0 atom stereocenters. The van der Waals surface area contributed by atoms with Crippen LogP contribution in [0.25, 0.3) is 10.8 Å². The van der Waals surface area contributed by atoms with Crippen molar-refractivity contribution in [2.24, 2.45) is 0 Å². The number of carboxylic acids is 2. The van der Waals surface area contributed by atoms with Crippen molar-refractivity contribution >= 4 is 22.7 Å². The van der Waals surface area contributed by atoms with Gasteiger partial charge in [0, 0.05) is 11.1 Å². The van der Waals surface area contributed by atoms with Gasteiger partial charge in [-0.2, -0.15) is 0 Å². The Morgan fingerprint density at radius 3 is 2.12 bits per heavy atom. The fourth-order valence-electron chi connectivity index (χ4n) is 2.42. The first kappa shape index (κ1) is 15.3. The second-order valence-electron chi connectivity index (χ2n) is 5.19. The first-order chi connectivity index (χ1) is 11.5. The van der Waals surface area contributed by atoms with Crippen LogP contribution in [0, 0.1) is 11.8 Å². The van der Waals surface area contributed by atoms with Crippen molar-refractivity contribution in [2.45, 2.75) is 0 Å². The van der Waals surface area contributed by atoms with E-state index in [4.69, 9.17) is 5.11 Å². The van der Waals surface area contributed by atoms with Gasteiger partial charge in [0.25, 0.3) is 0 Å². The van der Waals surface area contributed by atoms with Gasteiger partial charge in [-0.25, -0.2) is 9.59 Å². The van der Waals surface area contributed by atoms with Crippen LogP contribution in [0.1, 0.15) is 31.8 Å². The van der Waals surface area contributed by atoms with Gasteiger partial charge in [-0.05, 0) is 47.2 Å². The zero-order chi connectivity index (χ0) is 17.1. The Morgan fingerprint density at radius 2 is 1.46 bits per heavy atom. The van der Waals surface area contributed by atoms with E-state index in [2.05, 4.69) is 11.8 Å². The van der Waals surface area contributed by atoms with Gasteiger partial charge in [0.15, 0.2) is 0 Å². The van der Waals surface area contributed by atoms with Gasteiger partial charge in [-0.1, -0.05) is 36.1 Å². The standard InChI is InChI=1S/C20H12O4/c21-19(22)15-8-9-17-16(12-15)10-14(11-18(17)20(23)24)7-6-13-4-2-1-3-5-13/h1-5,8-12H,(H,21,22)(H,23,24). The van der Waals surface area contributed by atoms with E-state index in [0.717, 1.165) is 5.56 Å². The molecular formula is C20H12O4. The highest BCUT2D eigenvalue weighted by molar-refractivity contribution is 6.06. The monoisotopic (exact) mass is 316 g/mol. The molecule has 0 aliphatic carbocycles. The van der Waals surface area contributed by atoms with Gasteiger partial charge in [0.05, 0.1) is 11.1 Å². The summed E-state index contributed by atoms with van der Waals surface area (Å²) >= 11 is 0. The quantitative estimate of drug-likeness (QED) is 0.708. The number of hydrogen-bond acceptors (Lipinski definition) is 2. The number of benzene rings is 3. The lowest BCUT2D eigenvalue weighted by molar-refractivity contribution is 0.0688. The van der Waals surface area contributed by atoms with Crippen LogP contribution in [-0.4, -0.2) is 22.2 Å². The minimum absolute atomic E-state index is 0.0989. The molecule has 4 nitrogen and oxygen atoms in total. The number of aromatic carboxylic acids is 2. The molecule has 3 aromatic rings. The normalized spacial score (nSPS) is 10.0. The van der Waals surface area contributed by atoms with E-state index in [-0.39, 0.29) is 11.1 Å². The van der Waals surface area contributed by atoms with Crippen molar-refractivity contribution in [3.05, 3.63) is 82.9 Å². The molecule has 0 radical (unpaired) electrons. The van der Waals surface area contributed by atoms with Crippen LogP contribution in [-0.2, 0) is 0 Å². The van der Waals surface area contributed by atoms with Gasteiger partial charge in [0.2, 0.25) is 0 Å². The molecule has 0 bridgehead atoms. The lowest BCUT2D eigenvalue weighted by Crippen LogP contribution is -2.00. The zero-order valence-corrected chi connectivity index (χ0v) is 12.5. The number of carbonyl (C=O) groups is 2. The molecule has 0 aromatic heterocycles. The van der Waals surface area contributed by atoms with Crippen molar-refractivity contribution in [3.63, 3.8) is 0 Å². The highest BCUT2D eigenvalue weighted by Gasteiger charge is 2.12. The van der Waals surface area contributed by atoms with E-state index in [1.54, 1.807) is 6.07 Å². The Morgan fingerprint density at radius 1 is 0.750 bits per heavy atom. The van der Waals surface area contributed by atoms with E-state index in [9.17, 15) is 14.7 Å². The fraction of sp³-hybridized carbons (Fsp3) is 0. The molecule has 0 amide bonds. The van der Waals surface area contributed by atoms with Crippen LogP contribution in [0.5, 0.6) is 0 Å². The third-order valence-electron chi connectivity index (χ3n) is 3.55. The molecule has 3 rings (SSSR count). The number of rotatable bonds is 2. The summed E-state index contributed by atoms with van der Waals surface area (Å²) in [5, 5.41) is 19.5. The largest absolute Gasteiger partial charge is 0.478 e. The molecule has 116 valence electrons. The maximum atomic E-state index is 11.5. The summed E-state index contributed by atoms with van der Waals surface area (Å²) in [4.78, 5) is 22.6. The first-order valence-corrected chi connectivity index (χ1v) is 7.16. The van der Waals surface area contributed by atoms with Gasteiger partial charge >= 0.3 is 11.9 Å². The van der Waals surface area contributed by atoms with Crippen molar-refractivity contribution in [1.82, 2.24) is 0 Å². The summed E-state index contributed by atoms with van der Waals surface area (Å²) < 4.78 is 0. The number of carboxylic acid groups (broad SMARTS) is 2. The van der Waals surface area contributed by atoms with Crippen molar-refractivity contribution in [3.8, 4) is 11.8 Å². The smallest absolute Gasteiger partial charge is 0.336 e. The summed E-state index contributed by atoms with van der Waals surface area (Å²) in [6, 6.07) is 16.9. The summed E-state index contributed by atoms with van der Waals surface area (Å²) in [5.74, 6) is 3.77. The van der Waals surface area contributed by atoms with Gasteiger partial charge in [0.1, 0.15) is 0 Å².